The third-order valence-corrected chi connectivity index (χ3v) is 3.08. The van der Waals surface area contributed by atoms with Crippen molar-refractivity contribution in [3.05, 3.63) is 51.8 Å². The Balaban J connectivity index is 2.10. The number of hydrogen-bond donors (Lipinski definition) is 0. The second-order valence-electron chi connectivity index (χ2n) is 4.53. The Bertz CT molecular complexity index is 676. The molecule has 0 bridgehead atoms. The lowest BCUT2D eigenvalue weighted by molar-refractivity contribution is -0.385. The third kappa shape index (κ3) is 3.02. The number of esters is 1. The van der Waals surface area contributed by atoms with E-state index in [1.54, 1.807) is 6.07 Å². The summed E-state index contributed by atoms with van der Waals surface area (Å²) in [4.78, 5) is 44.9. The molecular formula is C14H11NO6. The average molecular weight is 289 g/mol. The van der Waals surface area contributed by atoms with Crippen molar-refractivity contribution in [2.75, 3.05) is 0 Å². The maximum absolute atomic E-state index is 11.8. The number of allylic oxidation sites excluding steroid dienone is 2. The van der Waals surface area contributed by atoms with E-state index in [9.17, 15) is 24.5 Å². The first kappa shape index (κ1) is 14.6. The van der Waals surface area contributed by atoms with Crippen molar-refractivity contribution in [2.24, 2.45) is 5.92 Å². The summed E-state index contributed by atoms with van der Waals surface area (Å²) in [5.74, 6) is -2.97. The van der Waals surface area contributed by atoms with E-state index in [0.717, 1.165) is 6.08 Å². The number of ketones is 2. The smallest absolute Gasteiger partial charge is 0.316 e. The Labute approximate surface area is 119 Å². The van der Waals surface area contributed by atoms with Crippen LogP contribution in [-0.4, -0.2) is 22.5 Å². The second-order valence-corrected chi connectivity index (χ2v) is 4.53. The van der Waals surface area contributed by atoms with Crippen LogP contribution in [0.5, 0.6) is 0 Å². The molecule has 1 atom stereocenters. The first-order valence-electron chi connectivity index (χ1n) is 6.13. The van der Waals surface area contributed by atoms with Gasteiger partial charge in [-0.2, -0.15) is 0 Å². The van der Waals surface area contributed by atoms with Gasteiger partial charge in [0.05, 0.1) is 17.3 Å². The number of nitro benzene ring substituents is 1. The molecule has 0 saturated carbocycles. The van der Waals surface area contributed by atoms with Crippen molar-refractivity contribution < 1.29 is 24.0 Å². The quantitative estimate of drug-likeness (QED) is 0.358. The number of hydrogen-bond acceptors (Lipinski definition) is 6. The highest BCUT2D eigenvalue weighted by atomic mass is 16.6. The molecule has 0 aliphatic heterocycles. The summed E-state index contributed by atoms with van der Waals surface area (Å²) < 4.78 is 4.83. The van der Waals surface area contributed by atoms with Crippen LogP contribution in [0.25, 0.3) is 0 Å². The number of carbonyl (C=O) groups excluding carboxylic acids is 3. The third-order valence-electron chi connectivity index (χ3n) is 3.08. The fourth-order valence-electron chi connectivity index (χ4n) is 1.90. The molecule has 1 aromatic rings. The molecular weight excluding hydrogens is 278 g/mol. The van der Waals surface area contributed by atoms with E-state index in [1.165, 1.54) is 25.1 Å². The van der Waals surface area contributed by atoms with E-state index in [4.69, 9.17) is 4.74 Å². The van der Waals surface area contributed by atoms with Gasteiger partial charge < -0.3 is 4.74 Å². The van der Waals surface area contributed by atoms with Crippen molar-refractivity contribution in [3.63, 3.8) is 0 Å². The van der Waals surface area contributed by atoms with Gasteiger partial charge in [0, 0.05) is 17.7 Å². The molecule has 0 aromatic heterocycles. The second kappa shape index (κ2) is 5.66. The van der Waals surface area contributed by atoms with Crippen molar-refractivity contribution in [2.45, 2.75) is 13.3 Å². The molecule has 0 saturated heterocycles. The van der Waals surface area contributed by atoms with Crippen molar-refractivity contribution in [3.8, 4) is 0 Å². The lowest BCUT2D eigenvalue weighted by Crippen LogP contribution is -2.16. The van der Waals surface area contributed by atoms with E-state index in [0.29, 0.717) is 0 Å². The summed E-state index contributed by atoms with van der Waals surface area (Å²) in [6, 6.07) is 5.74. The fourth-order valence-corrected chi connectivity index (χ4v) is 1.90. The molecule has 0 amide bonds. The maximum atomic E-state index is 11.8. The zero-order chi connectivity index (χ0) is 15.6. The van der Waals surface area contributed by atoms with Crippen LogP contribution in [0.1, 0.15) is 12.5 Å². The molecule has 108 valence electrons. The lowest BCUT2D eigenvalue weighted by Gasteiger charge is -2.05. The van der Waals surface area contributed by atoms with Crippen LogP contribution in [0.2, 0.25) is 0 Å². The molecule has 7 nitrogen and oxygen atoms in total. The van der Waals surface area contributed by atoms with Gasteiger partial charge >= 0.3 is 5.97 Å². The van der Waals surface area contributed by atoms with Gasteiger partial charge in [-0.05, 0) is 6.92 Å². The summed E-state index contributed by atoms with van der Waals surface area (Å²) >= 11 is 0. The van der Waals surface area contributed by atoms with Gasteiger partial charge in [0.25, 0.3) is 5.69 Å². The summed E-state index contributed by atoms with van der Waals surface area (Å²) in [5.41, 5.74) is -0.0245. The Morgan fingerprint density at radius 1 is 1.33 bits per heavy atom. The monoisotopic (exact) mass is 289 g/mol. The van der Waals surface area contributed by atoms with E-state index in [1.807, 2.05) is 0 Å². The van der Waals surface area contributed by atoms with Crippen molar-refractivity contribution >= 4 is 23.2 Å². The predicted molar refractivity (Wildman–Crippen MR) is 70.2 cm³/mol. The van der Waals surface area contributed by atoms with Crippen LogP contribution in [0.4, 0.5) is 5.69 Å². The van der Waals surface area contributed by atoms with Crippen LogP contribution in [0.15, 0.2) is 36.1 Å². The maximum Gasteiger partial charge on any atom is 0.316 e. The number of ether oxygens (including phenoxy) is 1. The predicted octanol–water partition coefficient (Wildman–Crippen LogP) is 1.35. The SMILES string of the molecule is CC1C(=O)C=C(OC(=O)Cc2ccccc2[N+](=O)[O-])C1=O. The minimum absolute atomic E-state index is 0.179. The zero-order valence-electron chi connectivity index (χ0n) is 11.1. The normalized spacial score (nSPS) is 17.6. The zero-order valence-corrected chi connectivity index (χ0v) is 11.1. The number of para-hydroxylation sites is 1. The summed E-state index contributed by atoms with van der Waals surface area (Å²) in [6.45, 7) is 1.42. The topological polar surface area (TPSA) is 104 Å². The van der Waals surface area contributed by atoms with Gasteiger partial charge in [0.2, 0.25) is 5.78 Å². The number of nitro groups is 1. The van der Waals surface area contributed by atoms with Gasteiger partial charge in [-0.3, -0.25) is 24.5 Å². The van der Waals surface area contributed by atoms with Gasteiger partial charge in [0.15, 0.2) is 11.5 Å². The van der Waals surface area contributed by atoms with Crippen molar-refractivity contribution in [1.29, 1.82) is 0 Å². The highest BCUT2D eigenvalue weighted by Crippen LogP contribution is 2.21. The van der Waals surface area contributed by atoms with Crippen LogP contribution in [0, 0.1) is 16.0 Å². The Morgan fingerprint density at radius 3 is 2.57 bits per heavy atom. The standard InChI is InChI=1S/C14H11NO6/c1-8-11(16)7-12(14(8)18)21-13(17)6-9-4-2-3-5-10(9)15(19)20/h2-5,7-8H,6H2,1H3. The number of carbonyl (C=O) groups is 3. The molecule has 0 radical (unpaired) electrons. The number of nitrogens with zero attached hydrogens (tertiary/aromatic N) is 1. The highest BCUT2D eigenvalue weighted by molar-refractivity contribution is 6.21. The first-order chi connectivity index (χ1) is 9.90. The molecule has 1 unspecified atom stereocenters. The minimum atomic E-state index is -0.848. The van der Waals surface area contributed by atoms with E-state index in [2.05, 4.69) is 0 Å². The van der Waals surface area contributed by atoms with E-state index >= 15 is 0 Å². The lowest BCUT2D eigenvalue weighted by atomic mass is 10.1. The molecule has 0 heterocycles. The molecule has 1 aromatic carbocycles. The van der Waals surface area contributed by atoms with Crippen molar-refractivity contribution in [1.82, 2.24) is 0 Å². The number of benzene rings is 1. The molecule has 0 spiro atoms. The molecule has 0 N–H and O–H groups in total. The van der Waals surface area contributed by atoms with Crippen LogP contribution >= 0.6 is 0 Å². The Morgan fingerprint density at radius 2 is 2.00 bits per heavy atom. The van der Waals surface area contributed by atoms with Gasteiger partial charge in [-0.25, -0.2) is 0 Å². The molecule has 7 heteroatoms. The average Bonchev–Trinajstić information content (AvgIpc) is 2.66. The molecule has 0 fully saturated rings. The molecule has 21 heavy (non-hydrogen) atoms. The minimum Gasteiger partial charge on any atom is -0.422 e. The Hall–Kier alpha value is -2.83. The van der Waals surface area contributed by atoms with Gasteiger partial charge in [-0.15, -0.1) is 0 Å². The summed E-state index contributed by atoms with van der Waals surface area (Å²) in [6.07, 6.45) is 0.620. The summed E-state index contributed by atoms with van der Waals surface area (Å²) in [7, 11) is 0. The fraction of sp³-hybridized carbons (Fsp3) is 0.214. The first-order valence-corrected chi connectivity index (χ1v) is 6.13. The molecule has 2 rings (SSSR count). The number of rotatable bonds is 4. The van der Waals surface area contributed by atoms with E-state index in [-0.39, 0.29) is 23.4 Å². The molecule has 1 aliphatic carbocycles. The largest absolute Gasteiger partial charge is 0.422 e. The molecule has 1 aliphatic rings. The van der Waals surface area contributed by atoms with Crippen LogP contribution in [-0.2, 0) is 25.5 Å². The van der Waals surface area contributed by atoms with Crippen LogP contribution < -0.4 is 0 Å². The number of Topliss-reactive ketones (excluding diaryl/α,β-unsaturated/α-hetero) is 1. The summed E-state index contributed by atoms with van der Waals surface area (Å²) in [5, 5.41) is 10.8. The van der Waals surface area contributed by atoms with Gasteiger partial charge in [-0.1, -0.05) is 18.2 Å². The highest BCUT2D eigenvalue weighted by Gasteiger charge is 2.33. The Kier molecular flexibility index (Phi) is 3.93. The van der Waals surface area contributed by atoms with E-state index < -0.39 is 28.4 Å². The van der Waals surface area contributed by atoms with Gasteiger partial charge in [0.1, 0.15) is 0 Å². The van der Waals surface area contributed by atoms with Crippen LogP contribution in [0.3, 0.4) is 0 Å².